The summed E-state index contributed by atoms with van der Waals surface area (Å²) in [6.07, 6.45) is 2.95. The van der Waals surface area contributed by atoms with Gasteiger partial charge in [-0.15, -0.1) is 0 Å². The molecule has 0 aromatic heterocycles. The van der Waals surface area contributed by atoms with Crippen LogP contribution in [-0.2, 0) is 4.79 Å². The molecule has 1 aliphatic carbocycles. The first-order valence-corrected chi connectivity index (χ1v) is 7.76. The van der Waals surface area contributed by atoms with E-state index in [0.717, 1.165) is 31.5 Å². The molecular formula is C17H26N2O2. The lowest BCUT2D eigenvalue weighted by Crippen LogP contribution is -2.60. The molecule has 1 unspecified atom stereocenters. The molecule has 1 fully saturated rings. The highest BCUT2D eigenvalue weighted by molar-refractivity contribution is 5.81. The van der Waals surface area contributed by atoms with Gasteiger partial charge in [-0.2, -0.15) is 0 Å². The molecular weight excluding hydrogens is 264 g/mol. The number of nitrogens with one attached hydrogen (secondary N) is 1. The molecule has 21 heavy (non-hydrogen) atoms. The topological polar surface area (TPSA) is 52.6 Å². The number of aliphatic carboxylic acids is 1. The van der Waals surface area contributed by atoms with Gasteiger partial charge in [-0.05, 0) is 50.8 Å². The molecule has 1 aliphatic rings. The van der Waals surface area contributed by atoms with Crippen LogP contribution in [0.3, 0.4) is 0 Å². The van der Waals surface area contributed by atoms with Crippen molar-refractivity contribution in [1.29, 1.82) is 0 Å². The van der Waals surface area contributed by atoms with Crippen molar-refractivity contribution >= 4 is 11.7 Å². The first-order valence-electron chi connectivity index (χ1n) is 7.76. The van der Waals surface area contributed by atoms with E-state index in [-0.39, 0.29) is 5.92 Å². The fourth-order valence-corrected chi connectivity index (χ4v) is 2.84. The van der Waals surface area contributed by atoms with Crippen molar-refractivity contribution in [2.75, 3.05) is 25.0 Å². The standard InChI is InChI=1S/C17H26N2O2/c1-4-11-18-17(16(20)21,14-7-8-14)12-19(3)15-9-5-13(2)6-10-15/h5-6,9-10,14,18H,4,7-8,11-12H2,1-3H3,(H,20,21). The van der Waals surface area contributed by atoms with Gasteiger partial charge in [0.05, 0.1) is 0 Å². The van der Waals surface area contributed by atoms with Crippen LogP contribution in [0.4, 0.5) is 5.69 Å². The van der Waals surface area contributed by atoms with Crippen molar-refractivity contribution in [3.05, 3.63) is 29.8 Å². The Morgan fingerprint density at radius 3 is 2.48 bits per heavy atom. The lowest BCUT2D eigenvalue weighted by Gasteiger charge is -2.35. The molecule has 116 valence electrons. The van der Waals surface area contributed by atoms with E-state index in [9.17, 15) is 9.90 Å². The average molecular weight is 290 g/mol. The van der Waals surface area contributed by atoms with Gasteiger partial charge in [0.1, 0.15) is 5.54 Å². The van der Waals surface area contributed by atoms with Crippen molar-refractivity contribution in [3.8, 4) is 0 Å². The molecule has 0 heterocycles. The third-order valence-electron chi connectivity index (χ3n) is 4.31. The monoisotopic (exact) mass is 290 g/mol. The van der Waals surface area contributed by atoms with Crippen molar-refractivity contribution in [3.63, 3.8) is 0 Å². The van der Waals surface area contributed by atoms with E-state index in [1.807, 2.05) is 7.05 Å². The number of benzene rings is 1. The molecule has 4 heteroatoms. The number of aryl methyl sites for hydroxylation is 1. The Bertz CT molecular complexity index is 482. The second-order valence-corrected chi connectivity index (χ2v) is 6.17. The molecule has 0 radical (unpaired) electrons. The summed E-state index contributed by atoms with van der Waals surface area (Å²) in [7, 11) is 1.97. The minimum absolute atomic E-state index is 0.245. The maximum atomic E-state index is 11.9. The highest BCUT2D eigenvalue weighted by Gasteiger charge is 2.51. The Labute approximate surface area is 127 Å². The number of carbonyl (C=O) groups is 1. The summed E-state index contributed by atoms with van der Waals surface area (Å²) in [6, 6.07) is 8.22. The summed E-state index contributed by atoms with van der Waals surface area (Å²) in [5.74, 6) is -0.480. The predicted molar refractivity (Wildman–Crippen MR) is 85.8 cm³/mol. The third-order valence-corrected chi connectivity index (χ3v) is 4.31. The van der Waals surface area contributed by atoms with Crippen LogP contribution in [0, 0.1) is 12.8 Å². The van der Waals surface area contributed by atoms with E-state index in [0.29, 0.717) is 6.54 Å². The van der Waals surface area contributed by atoms with Gasteiger partial charge in [-0.25, -0.2) is 0 Å². The lowest BCUT2D eigenvalue weighted by molar-refractivity contribution is -0.145. The summed E-state index contributed by atoms with van der Waals surface area (Å²) >= 11 is 0. The summed E-state index contributed by atoms with van der Waals surface area (Å²) in [5.41, 5.74) is 1.45. The Hall–Kier alpha value is -1.55. The molecule has 4 nitrogen and oxygen atoms in total. The van der Waals surface area contributed by atoms with Gasteiger partial charge in [0.15, 0.2) is 0 Å². The maximum absolute atomic E-state index is 11.9. The van der Waals surface area contributed by atoms with Crippen molar-refractivity contribution < 1.29 is 9.90 Å². The molecule has 0 bridgehead atoms. The number of likely N-dealkylation sites (N-methyl/N-ethyl adjacent to an activating group) is 1. The van der Waals surface area contributed by atoms with Gasteiger partial charge >= 0.3 is 5.97 Å². The van der Waals surface area contributed by atoms with Gasteiger partial charge in [0, 0.05) is 19.3 Å². The number of carboxylic acid groups (broad SMARTS) is 1. The zero-order valence-electron chi connectivity index (χ0n) is 13.2. The number of carboxylic acids is 1. The largest absolute Gasteiger partial charge is 0.480 e. The van der Waals surface area contributed by atoms with E-state index in [1.165, 1.54) is 5.56 Å². The molecule has 0 aliphatic heterocycles. The Kier molecular flexibility index (Phi) is 4.88. The van der Waals surface area contributed by atoms with E-state index in [2.05, 4.69) is 48.3 Å². The second-order valence-electron chi connectivity index (χ2n) is 6.17. The van der Waals surface area contributed by atoms with Crippen LogP contribution in [0.25, 0.3) is 0 Å². The number of anilines is 1. The maximum Gasteiger partial charge on any atom is 0.326 e. The number of hydrogen-bond acceptors (Lipinski definition) is 3. The molecule has 1 aromatic carbocycles. The fraction of sp³-hybridized carbons (Fsp3) is 0.588. The van der Waals surface area contributed by atoms with E-state index in [1.54, 1.807) is 0 Å². The van der Waals surface area contributed by atoms with Gasteiger partial charge in [-0.3, -0.25) is 4.79 Å². The van der Waals surface area contributed by atoms with Crippen molar-refractivity contribution in [2.24, 2.45) is 5.92 Å². The Morgan fingerprint density at radius 2 is 2.00 bits per heavy atom. The molecule has 1 atom stereocenters. The Morgan fingerprint density at radius 1 is 1.38 bits per heavy atom. The predicted octanol–water partition coefficient (Wildman–Crippen LogP) is 2.66. The molecule has 0 spiro atoms. The number of hydrogen-bond donors (Lipinski definition) is 2. The van der Waals surface area contributed by atoms with Crippen LogP contribution in [0.15, 0.2) is 24.3 Å². The quantitative estimate of drug-likeness (QED) is 0.773. The first-order chi connectivity index (χ1) is 9.99. The van der Waals surface area contributed by atoms with Crippen LogP contribution >= 0.6 is 0 Å². The minimum Gasteiger partial charge on any atom is -0.480 e. The van der Waals surface area contributed by atoms with Crippen LogP contribution in [-0.4, -0.2) is 36.8 Å². The van der Waals surface area contributed by atoms with Gasteiger partial charge in [0.25, 0.3) is 0 Å². The zero-order valence-corrected chi connectivity index (χ0v) is 13.2. The lowest BCUT2D eigenvalue weighted by atomic mass is 9.92. The van der Waals surface area contributed by atoms with Gasteiger partial charge in [-0.1, -0.05) is 24.6 Å². The van der Waals surface area contributed by atoms with E-state index >= 15 is 0 Å². The summed E-state index contributed by atoms with van der Waals surface area (Å²) in [6.45, 7) is 5.36. The third kappa shape index (κ3) is 3.56. The first kappa shape index (κ1) is 15.8. The highest BCUT2D eigenvalue weighted by atomic mass is 16.4. The summed E-state index contributed by atoms with van der Waals surface area (Å²) in [4.78, 5) is 14.0. The van der Waals surface area contributed by atoms with Crippen LogP contribution in [0.1, 0.15) is 31.7 Å². The molecule has 2 rings (SSSR count). The fourth-order valence-electron chi connectivity index (χ4n) is 2.84. The van der Waals surface area contributed by atoms with Crippen LogP contribution < -0.4 is 10.2 Å². The molecule has 0 amide bonds. The van der Waals surface area contributed by atoms with E-state index < -0.39 is 11.5 Å². The molecule has 0 saturated heterocycles. The van der Waals surface area contributed by atoms with Gasteiger partial charge < -0.3 is 15.3 Å². The zero-order chi connectivity index (χ0) is 15.5. The smallest absolute Gasteiger partial charge is 0.326 e. The van der Waals surface area contributed by atoms with Crippen molar-refractivity contribution in [2.45, 2.75) is 38.6 Å². The number of rotatable bonds is 8. The minimum atomic E-state index is -0.824. The number of nitrogens with zero attached hydrogens (tertiary/aromatic N) is 1. The van der Waals surface area contributed by atoms with Crippen LogP contribution in [0.5, 0.6) is 0 Å². The Balaban J connectivity index is 2.17. The summed E-state index contributed by atoms with van der Waals surface area (Å²) in [5, 5.41) is 13.1. The molecule has 1 aromatic rings. The van der Waals surface area contributed by atoms with Crippen LogP contribution in [0.2, 0.25) is 0 Å². The summed E-state index contributed by atoms with van der Waals surface area (Å²) < 4.78 is 0. The second kappa shape index (κ2) is 6.48. The van der Waals surface area contributed by atoms with Crippen molar-refractivity contribution in [1.82, 2.24) is 5.32 Å². The highest BCUT2D eigenvalue weighted by Crippen LogP contribution is 2.41. The normalized spacial score (nSPS) is 17.3. The average Bonchev–Trinajstić information content (AvgIpc) is 3.28. The molecule has 1 saturated carbocycles. The molecule has 2 N–H and O–H groups in total. The SMILES string of the molecule is CCCNC(CN(C)c1ccc(C)cc1)(C(=O)O)C1CC1. The van der Waals surface area contributed by atoms with E-state index in [4.69, 9.17) is 0 Å². The van der Waals surface area contributed by atoms with Gasteiger partial charge in [0.2, 0.25) is 0 Å².